The van der Waals surface area contributed by atoms with Gasteiger partial charge in [0.1, 0.15) is 0 Å². The average molecular weight is 359 g/mol. The van der Waals surface area contributed by atoms with Gasteiger partial charge in [0.2, 0.25) is 0 Å². The van der Waals surface area contributed by atoms with Gasteiger partial charge in [-0.3, -0.25) is 9.69 Å². The summed E-state index contributed by atoms with van der Waals surface area (Å²) in [5, 5.41) is 0. The molecule has 3 nitrogen and oxygen atoms in total. The molecule has 0 N–H and O–H groups in total. The van der Waals surface area contributed by atoms with Crippen LogP contribution in [0.5, 0.6) is 0 Å². The van der Waals surface area contributed by atoms with Crippen LogP contribution in [-0.2, 0) is 6.42 Å². The first-order chi connectivity index (χ1) is 12.7. The standard InChI is InChI=1S/C23H38N2O/c1-3-4-5-6-7-8-9-10-11-21-12-14-22(15-13-21)23(26)20-25-18-16-24(2)17-19-25/h12-15H,3-11,16-20H2,1-2H3. The van der Waals surface area contributed by atoms with Gasteiger partial charge in [0.25, 0.3) is 0 Å². The molecule has 2 rings (SSSR count). The van der Waals surface area contributed by atoms with Crippen LogP contribution in [0, 0.1) is 0 Å². The van der Waals surface area contributed by atoms with Crippen molar-refractivity contribution in [1.29, 1.82) is 0 Å². The van der Waals surface area contributed by atoms with Crippen LogP contribution in [0.15, 0.2) is 24.3 Å². The van der Waals surface area contributed by atoms with E-state index in [0.29, 0.717) is 6.54 Å². The second kappa shape index (κ2) is 12.2. The van der Waals surface area contributed by atoms with Gasteiger partial charge < -0.3 is 4.90 Å². The number of aryl methyl sites for hydroxylation is 1. The number of rotatable bonds is 12. The van der Waals surface area contributed by atoms with Crippen LogP contribution in [0.3, 0.4) is 0 Å². The van der Waals surface area contributed by atoms with Crippen molar-refractivity contribution in [2.24, 2.45) is 0 Å². The Balaban J connectivity index is 1.62. The van der Waals surface area contributed by atoms with Gasteiger partial charge in [-0.15, -0.1) is 0 Å². The molecule has 1 aromatic carbocycles. The van der Waals surface area contributed by atoms with E-state index in [-0.39, 0.29) is 5.78 Å². The zero-order valence-electron chi connectivity index (χ0n) is 17.0. The Kier molecular flexibility index (Phi) is 9.94. The van der Waals surface area contributed by atoms with E-state index in [9.17, 15) is 4.79 Å². The minimum atomic E-state index is 0.258. The number of Topliss-reactive ketones (excluding diaryl/α,β-unsaturated/α-hetero) is 1. The second-order valence-corrected chi connectivity index (χ2v) is 7.92. The zero-order chi connectivity index (χ0) is 18.6. The molecule has 1 fully saturated rings. The summed E-state index contributed by atoms with van der Waals surface area (Å²) < 4.78 is 0. The molecule has 0 saturated carbocycles. The molecule has 1 aromatic rings. The quantitative estimate of drug-likeness (QED) is 0.396. The third-order valence-corrected chi connectivity index (χ3v) is 5.56. The van der Waals surface area contributed by atoms with Crippen molar-refractivity contribution in [1.82, 2.24) is 9.80 Å². The molecule has 1 aliphatic rings. The molecule has 1 saturated heterocycles. The summed E-state index contributed by atoms with van der Waals surface area (Å²) in [5.41, 5.74) is 2.23. The Bertz CT molecular complexity index is 503. The maximum atomic E-state index is 12.5. The lowest BCUT2D eigenvalue weighted by Gasteiger charge is -2.31. The number of unbranched alkanes of at least 4 members (excludes halogenated alkanes) is 7. The fourth-order valence-electron chi connectivity index (χ4n) is 3.62. The highest BCUT2D eigenvalue weighted by molar-refractivity contribution is 5.97. The van der Waals surface area contributed by atoms with E-state index in [0.717, 1.165) is 38.2 Å². The van der Waals surface area contributed by atoms with Crippen molar-refractivity contribution in [2.75, 3.05) is 39.8 Å². The van der Waals surface area contributed by atoms with Crippen LogP contribution in [0.1, 0.15) is 74.2 Å². The molecular weight excluding hydrogens is 320 g/mol. The van der Waals surface area contributed by atoms with E-state index in [4.69, 9.17) is 0 Å². The molecule has 0 bridgehead atoms. The van der Waals surface area contributed by atoms with Gasteiger partial charge in [-0.05, 0) is 25.5 Å². The highest BCUT2D eigenvalue weighted by Gasteiger charge is 2.17. The molecule has 0 aliphatic carbocycles. The van der Waals surface area contributed by atoms with Crippen molar-refractivity contribution in [3.8, 4) is 0 Å². The number of nitrogens with zero attached hydrogens (tertiary/aromatic N) is 2. The van der Waals surface area contributed by atoms with Crippen LogP contribution in [-0.4, -0.2) is 55.4 Å². The monoisotopic (exact) mass is 358 g/mol. The van der Waals surface area contributed by atoms with E-state index in [1.807, 2.05) is 12.1 Å². The van der Waals surface area contributed by atoms with Crippen LogP contribution >= 0.6 is 0 Å². The minimum Gasteiger partial charge on any atom is -0.304 e. The normalized spacial score (nSPS) is 16.1. The summed E-state index contributed by atoms with van der Waals surface area (Å²) in [4.78, 5) is 17.1. The molecule has 0 unspecified atom stereocenters. The van der Waals surface area contributed by atoms with Crippen molar-refractivity contribution in [3.05, 3.63) is 35.4 Å². The fourth-order valence-corrected chi connectivity index (χ4v) is 3.62. The van der Waals surface area contributed by atoms with Gasteiger partial charge in [0.15, 0.2) is 5.78 Å². The molecule has 0 radical (unpaired) electrons. The molecule has 1 aliphatic heterocycles. The first-order valence-electron chi connectivity index (χ1n) is 10.7. The first-order valence-corrected chi connectivity index (χ1v) is 10.7. The molecule has 146 valence electrons. The summed E-state index contributed by atoms with van der Waals surface area (Å²) in [6, 6.07) is 8.36. The summed E-state index contributed by atoms with van der Waals surface area (Å²) in [6.07, 6.45) is 12.0. The molecule has 0 aromatic heterocycles. The SMILES string of the molecule is CCCCCCCCCCc1ccc(C(=O)CN2CCN(C)CC2)cc1. The topological polar surface area (TPSA) is 23.6 Å². The van der Waals surface area contributed by atoms with Gasteiger partial charge in [-0.25, -0.2) is 0 Å². The number of piperazine rings is 1. The van der Waals surface area contributed by atoms with Crippen LogP contribution in [0.25, 0.3) is 0 Å². The van der Waals surface area contributed by atoms with Crippen molar-refractivity contribution in [3.63, 3.8) is 0 Å². The van der Waals surface area contributed by atoms with Crippen LogP contribution in [0.4, 0.5) is 0 Å². The van der Waals surface area contributed by atoms with E-state index in [2.05, 4.69) is 35.9 Å². The number of likely N-dealkylation sites (N-methyl/N-ethyl adjacent to an activating group) is 1. The fraction of sp³-hybridized carbons (Fsp3) is 0.696. The third kappa shape index (κ3) is 8.01. The maximum Gasteiger partial charge on any atom is 0.176 e. The Morgan fingerprint density at radius 1 is 0.846 bits per heavy atom. The largest absolute Gasteiger partial charge is 0.304 e. The van der Waals surface area contributed by atoms with Gasteiger partial charge in [0.05, 0.1) is 6.54 Å². The molecular formula is C23H38N2O. The highest BCUT2D eigenvalue weighted by atomic mass is 16.1. The van der Waals surface area contributed by atoms with Crippen LogP contribution in [0.2, 0.25) is 0 Å². The molecule has 1 heterocycles. The second-order valence-electron chi connectivity index (χ2n) is 7.92. The number of benzene rings is 1. The zero-order valence-corrected chi connectivity index (χ0v) is 17.0. The lowest BCUT2D eigenvalue weighted by atomic mass is 10.0. The lowest BCUT2D eigenvalue weighted by molar-refractivity contribution is 0.0876. The Labute approximate surface area is 160 Å². The Hall–Kier alpha value is -1.19. The van der Waals surface area contributed by atoms with Crippen molar-refractivity contribution >= 4 is 5.78 Å². The summed E-state index contributed by atoms with van der Waals surface area (Å²) in [6.45, 7) is 6.95. The molecule has 0 atom stereocenters. The summed E-state index contributed by atoms with van der Waals surface area (Å²) in [5.74, 6) is 0.258. The number of hydrogen-bond donors (Lipinski definition) is 0. The number of ketones is 1. The van der Waals surface area contributed by atoms with Crippen molar-refractivity contribution in [2.45, 2.75) is 64.7 Å². The van der Waals surface area contributed by atoms with E-state index in [1.54, 1.807) is 0 Å². The summed E-state index contributed by atoms with van der Waals surface area (Å²) >= 11 is 0. The number of hydrogen-bond acceptors (Lipinski definition) is 3. The smallest absolute Gasteiger partial charge is 0.176 e. The number of carbonyl (C=O) groups excluding carboxylic acids is 1. The van der Waals surface area contributed by atoms with Crippen LogP contribution < -0.4 is 0 Å². The molecule has 0 amide bonds. The first kappa shape index (κ1) is 21.1. The predicted molar refractivity (Wildman–Crippen MR) is 111 cm³/mol. The summed E-state index contributed by atoms with van der Waals surface area (Å²) in [7, 11) is 2.14. The van der Waals surface area contributed by atoms with E-state index >= 15 is 0 Å². The van der Waals surface area contributed by atoms with E-state index in [1.165, 1.54) is 56.9 Å². The van der Waals surface area contributed by atoms with Gasteiger partial charge >= 0.3 is 0 Å². The Morgan fingerprint density at radius 3 is 2.04 bits per heavy atom. The maximum absolute atomic E-state index is 12.5. The highest BCUT2D eigenvalue weighted by Crippen LogP contribution is 2.13. The third-order valence-electron chi connectivity index (χ3n) is 5.56. The predicted octanol–water partition coefficient (Wildman–Crippen LogP) is 4.80. The minimum absolute atomic E-state index is 0.258. The average Bonchev–Trinajstić information content (AvgIpc) is 2.66. The van der Waals surface area contributed by atoms with Crippen molar-refractivity contribution < 1.29 is 4.79 Å². The van der Waals surface area contributed by atoms with Gasteiger partial charge in [0, 0.05) is 31.7 Å². The van der Waals surface area contributed by atoms with E-state index < -0.39 is 0 Å². The van der Waals surface area contributed by atoms with Gasteiger partial charge in [-0.2, -0.15) is 0 Å². The number of carbonyl (C=O) groups is 1. The van der Waals surface area contributed by atoms with Gasteiger partial charge in [-0.1, -0.05) is 76.1 Å². The lowest BCUT2D eigenvalue weighted by Crippen LogP contribution is -2.46. The molecule has 26 heavy (non-hydrogen) atoms. The molecule has 3 heteroatoms. The molecule has 0 spiro atoms. The Morgan fingerprint density at radius 2 is 1.42 bits per heavy atom.